The molecule has 0 spiro atoms. The summed E-state index contributed by atoms with van der Waals surface area (Å²) >= 11 is 0. The zero-order chi connectivity index (χ0) is 12.3. The highest BCUT2D eigenvalue weighted by Crippen LogP contribution is 2.13. The standard InChI is InChI=1S/C13H15N3O/c1-9-2-4-10(5-3-9)12-15-8-11(6-7-14)13(17)16-12/h2-5,8H,6-7,14H2,1H3,(H,15,16,17). The predicted molar refractivity (Wildman–Crippen MR) is 67.8 cm³/mol. The van der Waals surface area contributed by atoms with Crippen LogP contribution in [0, 0.1) is 6.92 Å². The van der Waals surface area contributed by atoms with Crippen LogP contribution in [0.15, 0.2) is 35.3 Å². The molecule has 0 bridgehead atoms. The van der Waals surface area contributed by atoms with Gasteiger partial charge in [-0.05, 0) is 19.9 Å². The van der Waals surface area contributed by atoms with E-state index in [2.05, 4.69) is 9.97 Å². The molecule has 0 aliphatic carbocycles. The van der Waals surface area contributed by atoms with E-state index in [-0.39, 0.29) is 5.56 Å². The Morgan fingerprint density at radius 3 is 2.59 bits per heavy atom. The van der Waals surface area contributed by atoms with Crippen LogP contribution in [0.1, 0.15) is 11.1 Å². The minimum atomic E-state index is -0.110. The third-order valence-corrected chi connectivity index (χ3v) is 2.61. The van der Waals surface area contributed by atoms with E-state index >= 15 is 0 Å². The van der Waals surface area contributed by atoms with Crippen LogP contribution in [0.25, 0.3) is 11.4 Å². The highest BCUT2D eigenvalue weighted by Gasteiger charge is 2.03. The Morgan fingerprint density at radius 2 is 2.00 bits per heavy atom. The molecule has 2 aromatic rings. The van der Waals surface area contributed by atoms with Crippen LogP contribution in [0.4, 0.5) is 0 Å². The molecule has 88 valence electrons. The third kappa shape index (κ3) is 2.60. The van der Waals surface area contributed by atoms with Gasteiger partial charge in [-0.1, -0.05) is 29.8 Å². The van der Waals surface area contributed by atoms with Gasteiger partial charge in [-0.3, -0.25) is 4.79 Å². The summed E-state index contributed by atoms with van der Waals surface area (Å²) in [5.74, 6) is 0.593. The van der Waals surface area contributed by atoms with Crippen LogP contribution in [0.3, 0.4) is 0 Å². The number of nitrogens with zero attached hydrogens (tertiary/aromatic N) is 1. The Bertz CT molecular complexity index is 558. The Morgan fingerprint density at radius 1 is 1.29 bits per heavy atom. The number of aromatic amines is 1. The van der Waals surface area contributed by atoms with E-state index in [0.29, 0.717) is 24.4 Å². The maximum atomic E-state index is 11.7. The molecule has 0 saturated heterocycles. The number of hydrogen-bond acceptors (Lipinski definition) is 3. The first kappa shape index (κ1) is 11.5. The second kappa shape index (κ2) is 4.93. The lowest BCUT2D eigenvalue weighted by molar-refractivity contribution is 0.924. The summed E-state index contributed by atoms with van der Waals surface area (Å²) in [4.78, 5) is 18.7. The fourth-order valence-electron chi connectivity index (χ4n) is 1.61. The minimum absolute atomic E-state index is 0.110. The Kier molecular flexibility index (Phi) is 3.35. The van der Waals surface area contributed by atoms with Crippen LogP contribution in [-0.4, -0.2) is 16.5 Å². The summed E-state index contributed by atoms with van der Waals surface area (Å²) in [5, 5.41) is 0. The molecule has 0 unspecified atom stereocenters. The predicted octanol–water partition coefficient (Wildman–Crippen LogP) is 1.25. The van der Waals surface area contributed by atoms with Gasteiger partial charge in [0, 0.05) is 17.3 Å². The number of aryl methyl sites for hydroxylation is 1. The van der Waals surface area contributed by atoms with Crippen molar-refractivity contribution in [3.8, 4) is 11.4 Å². The van der Waals surface area contributed by atoms with Crippen molar-refractivity contribution < 1.29 is 0 Å². The van der Waals surface area contributed by atoms with Gasteiger partial charge in [0.1, 0.15) is 5.82 Å². The van der Waals surface area contributed by atoms with E-state index < -0.39 is 0 Å². The zero-order valence-electron chi connectivity index (χ0n) is 9.73. The summed E-state index contributed by atoms with van der Waals surface area (Å²) in [7, 11) is 0. The lowest BCUT2D eigenvalue weighted by atomic mass is 10.1. The van der Waals surface area contributed by atoms with Crippen LogP contribution < -0.4 is 11.3 Å². The molecule has 0 fully saturated rings. The van der Waals surface area contributed by atoms with Gasteiger partial charge in [-0.15, -0.1) is 0 Å². The van der Waals surface area contributed by atoms with Gasteiger partial charge < -0.3 is 10.7 Å². The van der Waals surface area contributed by atoms with E-state index in [4.69, 9.17) is 5.73 Å². The summed E-state index contributed by atoms with van der Waals surface area (Å²) in [6.45, 7) is 2.47. The molecular formula is C13H15N3O. The minimum Gasteiger partial charge on any atom is -0.330 e. The van der Waals surface area contributed by atoms with Gasteiger partial charge in [-0.25, -0.2) is 4.98 Å². The molecule has 0 radical (unpaired) electrons. The number of aromatic nitrogens is 2. The number of H-pyrrole nitrogens is 1. The summed E-state index contributed by atoms with van der Waals surface area (Å²) in [6, 6.07) is 7.86. The molecule has 0 aliphatic rings. The fraction of sp³-hybridized carbons (Fsp3) is 0.231. The number of nitrogens with two attached hydrogens (primary N) is 1. The van der Waals surface area contributed by atoms with Crippen molar-refractivity contribution in [2.45, 2.75) is 13.3 Å². The molecule has 0 atom stereocenters. The summed E-state index contributed by atoms with van der Waals surface area (Å²) in [6.07, 6.45) is 2.15. The van der Waals surface area contributed by atoms with Crippen LogP contribution >= 0.6 is 0 Å². The largest absolute Gasteiger partial charge is 0.330 e. The highest BCUT2D eigenvalue weighted by atomic mass is 16.1. The van der Waals surface area contributed by atoms with Gasteiger partial charge in [-0.2, -0.15) is 0 Å². The first-order valence-electron chi connectivity index (χ1n) is 5.56. The van der Waals surface area contributed by atoms with Gasteiger partial charge in [0.2, 0.25) is 0 Å². The average Bonchev–Trinajstić information content (AvgIpc) is 2.33. The lowest BCUT2D eigenvalue weighted by Gasteiger charge is -2.03. The van der Waals surface area contributed by atoms with E-state index in [1.54, 1.807) is 6.20 Å². The monoisotopic (exact) mass is 229 g/mol. The molecule has 4 nitrogen and oxygen atoms in total. The maximum absolute atomic E-state index is 11.7. The first-order valence-corrected chi connectivity index (χ1v) is 5.56. The van der Waals surface area contributed by atoms with Gasteiger partial charge in [0.05, 0.1) is 0 Å². The van der Waals surface area contributed by atoms with Gasteiger partial charge >= 0.3 is 0 Å². The number of nitrogens with one attached hydrogen (secondary N) is 1. The smallest absolute Gasteiger partial charge is 0.254 e. The third-order valence-electron chi connectivity index (χ3n) is 2.61. The van der Waals surface area contributed by atoms with Crippen LogP contribution in [-0.2, 0) is 6.42 Å². The zero-order valence-corrected chi connectivity index (χ0v) is 9.73. The second-order valence-electron chi connectivity index (χ2n) is 3.99. The molecule has 1 aromatic carbocycles. The van der Waals surface area contributed by atoms with Crippen molar-refractivity contribution in [2.75, 3.05) is 6.54 Å². The molecule has 1 heterocycles. The summed E-state index contributed by atoms with van der Waals surface area (Å²) in [5.41, 5.74) is 8.02. The van der Waals surface area contributed by atoms with Crippen LogP contribution in [0.5, 0.6) is 0 Å². The maximum Gasteiger partial charge on any atom is 0.254 e. The number of benzene rings is 1. The molecular weight excluding hydrogens is 214 g/mol. The molecule has 3 N–H and O–H groups in total. The SMILES string of the molecule is Cc1ccc(-c2ncc(CCN)c(=O)[nH]2)cc1. The second-order valence-corrected chi connectivity index (χ2v) is 3.99. The normalized spacial score (nSPS) is 10.5. The molecule has 4 heteroatoms. The van der Waals surface area contributed by atoms with Crippen molar-refractivity contribution in [3.63, 3.8) is 0 Å². The van der Waals surface area contributed by atoms with E-state index in [1.807, 2.05) is 31.2 Å². The molecule has 0 amide bonds. The molecule has 0 aliphatic heterocycles. The molecule has 0 saturated carbocycles. The Labute approximate surface area is 99.5 Å². The summed E-state index contributed by atoms with van der Waals surface area (Å²) < 4.78 is 0. The van der Waals surface area contributed by atoms with Crippen molar-refractivity contribution in [1.82, 2.24) is 9.97 Å². The quantitative estimate of drug-likeness (QED) is 0.832. The van der Waals surface area contributed by atoms with E-state index in [0.717, 1.165) is 5.56 Å². The van der Waals surface area contributed by atoms with Crippen molar-refractivity contribution in [1.29, 1.82) is 0 Å². The van der Waals surface area contributed by atoms with Crippen molar-refractivity contribution in [3.05, 3.63) is 51.9 Å². The van der Waals surface area contributed by atoms with Crippen LogP contribution in [0.2, 0.25) is 0 Å². The van der Waals surface area contributed by atoms with E-state index in [9.17, 15) is 4.79 Å². The molecule has 17 heavy (non-hydrogen) atoms. The topological polar surface area (TPSA) is 71.8 Å². The van der Waals surface area contributed by atoms with E-state index in [1.165, 1.54) is 5.56 Å². The van der Waals surface area contributed by atoms with Gasteiger partial charge in [0.15, 0.2) is 0 Å². The molecule has 2 rings (SSSR count). The highest BCUT2D eigenvalue weighted by molar-refractivity contribution is 5.54. The Hall–Kier alpha value is -1.94. The number of rotatable bonds is 3. The fourth-order valence-corrected chi connectivity index (χ4v) is 1.61. The van der Waals surface area contributed by atoms with Gasteiger partial charge in [0.25, 0.3) is 5.56 Å². The lowest BCUT2D eigenvalue weighted by Crippen LogP contribution is -2.17. The Balaban J connectivity index is 2.37. The number of hydrogen-bond donors (Lipinski definition) is 2. The first-order chi connectivity index (χ1) is 8.20. The molecule has 1 aromatic heterocycles. The van der Waals surface area contributed by atoms with Crippen molar-refractivity contribution in [2.24, 2.45) is 5.73 Å². The van der Waals surface area contributed by atoms with Crippen molar-refractivity contribution >= 4 is 0 Å². The average molecular weight is 229 g/mol.